The summed E-state index contributed by atoms with van der Waals surface area (Å²) in [4.78, 5) is 23.4. The molecule has 22 heavy (non-hydrogen) atoms. The highest BCUT2D eigenvalue weighted by molar-refractivity contribution is 5.85. The van der Waals surface area contributed by atoms with Gasteiger partial charge in [0.05, 0.1) is 6.61 Å². The number of hydrazine groups is 1. The van der Waals surface area contributed by atoms with E-state index in [9.17, 15) is 9.59 Å². The lowest BCUT2D eigenvalue weighted by Gasteiger charge is -2.16. The lowest BCUT2D eigenvalue weighted by molar-refractivity contribution is -0.134. The smallest absolute Gasteiger partial charge is 0.279 e. The SMILES string of the molecule is CCOc1ccc(OC(C)C(=O)NNC(=O)C(C)CC)cc1. The number of benzene rings is 1. The summed E-state index contributed by atoms with van der Waals surface area (Å²) in [6.45, 7) is 7.81. The molecule has 0 fully saturated rings. The summed E-state index contributed by atoms with van der Waals surface area (Å²) in [5.41, 5.74) is 4.75. The molecule has 1 rings (SSSR count). The van der Waals surface area contributed by atoms with Crippen LogP contribution in [0.3, 0.4) is 0 Å². The fraction of sp³-hybridized carbons (Fsp3) is 0.500. The number of amides is 2. The molecule has 0 spiro atoms. The Labute approximate surface area is 131 Å². The van der Waals surface area contributed by atoms with Gasteiger partial charge in [-0.3, -0.25) is 20.4 Å². The van der Waals surface area contributed by atoms with Gasteiger partial charge in [0.1, 0.15) is 11.5 Å². The average Bonchev–Trinajstić information content (AvgIpc) is 2.53. The van der Waals surface area contributed by atoms with Gasteiger partial charge in [-0.1, -0.05) is 13.8 Å². The number of rotatable bonds is 7. The van der Waals surface area contributed by atoms with Gasteiger partial charge in [-0.25, -0.2) is 0 Å². The first kappa shape index (κ1) is 17.8. The predicted octanol–water partition coefficient (Wildman–Crippen LogP) is 2.05. The van der Waals surface area contributed by atoms with E-state index in [1.165, 1.54) is 0 Å². The summed E-state index contributed by atoms with van der Waals surface area (Å²) in [5, 5.41) is 0. The lowest BCUT2D eigenvalue weighted by Crippen LogP contribution is -2.48. The Kier molecular flexibility index (Phi) is 7.22. The first-order chi connectivity index (χ1) is 10.5. The van der Waals surface area contributed by atoms with E-state index in [2.05, 4.69) is 10.9 Å². The molecule has 2 atom stereocenters. The van der Waals surface area contributed by atoms with Gasteiger partial charge < -0.3 is 9.47 Å². The summed E-state index contributed by atoms with van der Waals surface area (Å²) in [6.07, 6.45) is -0.0184. The fourth-order valence-corrected chi connectivity index (χ4v) is 1.57. The van der Waals surface area contributed by atoms with Gasteiger partial charge in [-0.15, -0.1) is 0 Å². The molecule has 0 radical (unpaired) electrons. The summed E-state index contributed by atoms with van der Waals surface area (Å²) in [5.74, 6) is 0.518. The molecule has 6 nitrogen and oxygen atoms in total. The van der Waals surface area contributed by atoms with Crippen LogP contribution in [-0.2, 0) is 9.59 Å². The maximum atomic E-state index is 11.9. The summed E-state index contributed by atoms with van der Waals surface area (Å²) in [7, 11) is 0. The zero-order valence-electron chi connectivity index (χ0n) is 13.5. The van der Waals surface area contributed by atoms with Crippen molar-refractivity contribution >= 4 is 11.8 Å². The standard InChI is InChI=1S/C16H24N2O4/c1-5-11(3)15(19)17-18-16(20)12(4)22-14-9-7-13(8-10-14)21-6-2/h7-12H,5-6H2,1-4H3,(H,17,19)(H,18,20). The molecule has 2 N–H and O–H groups in total. The fourth-order valence-electron chi connectivity index (χ4n) is 1.57. The van der Waals surface area contributed by atoms with E-state index >= 15 is 0 Å². The first-order valence-electron chi connectivity index (χ1n) is 7.47. The van der Waals surface area contributed by atoms with Gasteiger partial charge in [-0.2, -0.15) is 0 Å². The van der Waals surface area contributed by atoms with Gasteiger partial charge in [0, 0.05) is 5.92 Å². The molecule has 0 aromatic heterocycles. The molecular weight excluding hydrogens is 284 g/mol. The van der Waals surface area contributed by atoms with Crippen molar-refractivity contribution in [2.45, 2.75) is 40.2 Å². The number of carbonyl (C=O) groups excluding carboxylic acids is 2. The second kappa shape index (κ2) is 8.92. The van der Waals surface area contributed by atoms with Gasteiger partial charge in [0.2, 0.25) is 5.91 Å². The van der Waals surface area contributed by atoms with E-state index in [4.69, 9.17) is 9.47 Å². The average molecular weight is 308 g/mol. The summed E-state index contributed by atoms with van der Waals surface area (Å²) >= 11 is 0. The van der Waals surface area contributed by atoms with Crippen LogP contribution in [-0.4, -0.2) is 24.5 Å². The van der Waals surface area contributed by atoms with Crippen molar-refractivity contribution in [1.29, 1.82) is 0 Å². The van der Waals surface area contributed by atoms with Crippen molar-refractivity contribution in [2.75, 3.05) is 6.61 Å². The molecule has 2 amide bonds. The minimum Gasteiger partial charge on any atom is -0.494 e. The van der Waals surface area contributed by atoms with Crippen molar-refractivity contribution in [3.63, 3.8) is 0 Å². The van der Waals surface area contributed by atoms with Crippen LogP contribution >= 0.6 is 0 Å². The molecule has 0 aliphatic carbocycles. The molecule has 0 bridgehead atoms. The van der Waals surface area contributed by atoms with Crippen LogP contribution in [0.15, 0.2) is 24.3 Å². The van der Waals surface area contributed by atoms with Crippen LogP contribution in [0.5, 0.6) is 11.5 Å². The number of ether oxygens (including phenoxy) is 2. The molecule has 1 aromatic rings. The third-order valence-electron chi connectivity index (χ3n) is 3.19. The van der Waals surface area contributed by atoms with Crippen molar-refractivity contribution in [2.24, 2.45) is 5.92 Å². The quantitative estimate of drug-likeness (QED) is 0.756. The molecule has 0 heterocycles. The second-order valence-electron chi connectivity index (χ2n) is 4.95. The van der Waals surface area contributed by atoms with Crippen molar-refractivity contribution in [1.82, 2.24) is 10.9 Å². The molecular formula is C16H24N2O4. The second-order valence-corrected chi connectivity index (χ2v) is 4.95. The van der Waals surface area contributed by atoms with Crippen LogP contribution in [0, 0.1) is 5.92 Å². The maximum Gasteiger partial charge on any atom is 0.279 e. The lowest BCUT2D eigenvalue weighted by atomic mass is 10.1. The highest BCUT2D eigenvalue weighted by Gasteiger charge is 2.17. The van der Waals surface area contributed by atoms with E-state index in [0.717, 1.165) is 5.75 Å². The number of nitrogens with one attached hydrogen (secondary N) is 2. The zero-order valence-corrected chi connectivity index (χ0v) is 13.5. The van der Waals surface area contributed by atoms with Crippen LogP contribution < -0.4 is 20.3 Å². The van der Waals surface area contributed by atoms with Crippen LogP contribution in [0.4, 0.5) is 0 Å². The normalized spacial score (nSPS) is 12.9. The van der Waals surface area contributed by atoms with E-state index < -0.39 is 12.0 Å². The Bertz CT molecular complexity index is 487. The highest BCUT2D eigenvalue weighted by Crippen LogP contribution is 2.18. The summed E-state index contributed by atoms with van der Waals surface area (Å²) in [6, 6.07) is 7.00. The topological polar surface area (TPSA) is 76.7 Å². The first-order valence-corrected chi connectivity index (χ1v) is 7.47. The minimum atomic E-state index is -0.727. The Morgan fingerprint density at radius 3 is 2.09 bits per heavy atom. The largest absolute Gasteiger partial charge is 0.494 e. The Hall–Kier alpha value is -2.24. The van der Waals surface area contributed by atoms with E-state index in [-0.39, 0.29) is 11.8 Å². The monoisotopic (exact) mass is 308 g/mol. The minimum absolute atomic E-state index is 0.150. The molecule has 1 aromatic carbocycles. The molecule has 6 heteroatoms. The number of hydrogen-bond donors (Lipinski definition) is 2. The third-order valence-corrected chi connectivity index (χ3v) is 3.19. The predicted molar refractivity (Wildman–Crippen MR) is 83.4 cm³/mol. The van der Waals surface area contributed by atoms with Gasteiger partial charge >= 0.3 is 0 Å². The van der Waals surface area contributed by atoms with Crippen LogP contribution in [0.1, 0.15) is 34.1 Å². The Morgan fingerprint density at radius 1 is 1.00 bits per heavy atom. The highest BCUT2D eigenvalue weighted by atomic mass is 16.5. The molecule has 0 aliphatic rings. The summed E-state index contributed by atoms with van der Waals surface area (Å²) < 4.78 is 10.8. The number of carbonyl (C=O) groups is 2. The number of hydrogen-bond acceptors (Lipinski definition) is 4. The van der Waals surface area contributed by atoms with Gasteiger partial charge in [-0.05, 0) is 44.5 Å². The van der Waals surface area contributed by atoms with E-state index in [1.54, 1.807) is 38.1 Å². The van der Waals surface area contributed by atoms with Crippen LogP contribution in [0.2, 0.25) is 0 Å². The molecule has 0 aliphatic heterocycles. The molecule has 122 valence electrons. The molecule has 0 saturated carbocycles. The van der Waals surface area contributed by atoms with Crippen LogP contribution in [0.25, 0.3) is 0 Å². The zero-order chi connectivity index (χ0) is 16.5. The van der Waals surface area contributed by atoms with Crippen molar-refractivity contribution in [3.05, 3.63) is 24.3 Å². The molecule has 0 saturated heterocycles. The van der Waals surface area contributed by atoms with Gasteiger partial charge in [0.15, 0.2) is 6.10 Å². The Morgan fingerprint density at radius 2 is 1.55 bits per heavy atom. The van der Waals surface area contributed by atoms with E-state index in [0.29, 0.717) is 18.8 Å². The maximum absolute atomic E-state index is 11.9. The van der Waals surface area contributed by atoms with E-state index in [1.807, 2.05) is 13.8 Å². The van der Waals surface area contributed by atoms with Crippen molar-refractivity contribution in [3.8, 4) is 11.5 Å². The third kappa shape index (κ3) is 5.63. The molecule has 2 unspecified atom stereocenters. The van der Waals surface area contributed by atoms with Crippen molar-refractivity contribution < 1.29 is 19.1 Å². The van der Waals surface area contributed by atoms with Gasteiger partial charge in [0.25, 0.3) is 5.91 Å². The Balaban J connectivity index is 2.45.